The Labute approximate surface area is 125 Å². The molecule has 0 aliphatic carbocycles. The lowest BCUT2D eigenvalue weighted by atomic mass is 10.1. The van der Waals surface area contributed by atoms with E-state index >= 15 is 0 Å². The van der Waals surface area contributed by atoms with Gasteiger partial charge in [0.05, 0.1) is 5.69 Å². The van der Waals surface area contributed by atoms with Gasteiger partial charge in [0, 0.05) is 35.1 Å². The molecule has 1 aliphatic rings. The molecule has 1 aliphatic heterocycles. The van der Waals surface area contributed by atoms with Crippen molar-refractivity contribution in [2.45, 2.75) is 13.3 Å². The lowest BCUT2D eigenvalue weighted by Gasteiger charge is -2.18. The molecule has 1 aromatic rings. The average Bonchev–Trinajstić information content (AvgIpc) is 2.84. The molecule has 1 atom stereocenters. The van der Waals surface area contributed by atoms with Crippen LogP contribution in [0.4, 0.5) is 10.5 Å². The van der Waals surface area contributed by atoms with E-state index in [1.165, 1.54) is 0 Å². The fourth-order valence-corrected chi connectivity index (χ4v) is 2.82. The summed E-state index contributed by atoms with van der Waals surface area (Å²) in [5.41, 5.74) is 1.61. The van der Waals surface area contributed by atoms with Crippen LogP contribution in [-0.4, -0.2) is 35.7 Å². The summed E-state index contributed by atoms with van der Waals surface area (Å²) >= 11 is 9.47. The summed E-state index contributed by atoms with van der Waals surface area (Å²) in [6.07, 6.45) is 0.847. The third kappa shape index (κ3) is 3.41. The number of carbonyl (C=O) groups is 1. The van der Waals surface area contributed by atoms with E-state index in [-0.39, 0.29) is 18.6 Å². The van der Waals surface area contributed by atoms with Gasteiger partial charge < -0.3 is 15.3 Å². The summed E-state index contributed by atoms with van der Waals surface area (Å²) < 4.78 is 0.806. The lowest BCUT2D eigenvalue weighted by molar-refractivity contribution is 0.208. The molecule has 6 heteroatoms. The van der Waals surface area contributed by atoms with Gasteiger partial charge >= 0.3 is 6.03 Å². The maximum absolute atomic E-state index is 12.1. The van der Waals surface area contributed by atoms with Gasteiger partial charge in [0.25, 0.3) is 0 Å². The molecular formula is C13H16BrClN2O2. The second-order valence-corrected chi connectivity index (χ2v) is 6.06. The highest BCUT2D eigenvalue weighted by molar-refractivity contribution is 9.10. The Kier molecular flexibility index (Phi) is 4.71. The summed E-state index contributed by atoms with van der Waals surface area (Å²) in [6.45, 7) is 3.31. The fourth-order valence-electron chi connectivity index (χ4n) is 2.10. The Morgan fingerprint density at radius 3 is 3.00 bits per heavy atom. The van der Waals surface area contributed by atoms with Crippen molar-refractivity contribution in [2.75, 3.05) is 25.0 Å². The van der Waals surface area contributed by atoms with Crippen molar-refractivity contribution in [3.63, 3.8) is 0 Å². The number of likely N-dealkylation sites (tertiary alicyclic amines) is 1. The van der Waals surface area contributed by atoms with Gasteiger partial charge in [0.2, 0.25) is 0 Å². The molecule has 19 heavy (non-hydrogen) atoms. The summed E-state index contributed by atoms with van der Waals surface area (Å²) in [5, 5.41) is 12.5. The first-order valence-electron chi connectivity index (χ1n) is 6.13. The average molecular weight is 348 g/mol. The highest BCUT2D eigenvalue weighted by Crippen LogP contribution is 2.29. The molecule has 2 rings (SSSR count). The predicted octanol–water partition coefficient (Wildman–Crippen LogP) is 3.26. The summed E-state index contributed by atoms with van der Waals surface area (Å²) in [7, 11) is 0. The van der Waals surface area contributed by atoms with Crippen LogP contribution < -0.4 is 5.32 Å². The first kappa shape index (κ1) is 14.6. The zero-order valence-corrected chi connectivity index (χ0v) is 13.0. The van der Waals surface area contributed by atoms with Crippen LogP contribution in [0.2, 0.25) is 5.02 Å². The zero-order valence-electron chi connectivity index (χ0n) is 10.6. The molecule has 0 radical (unpaired) electrons. The number of halogens is 2. The van der Waals surface area contributed by atoms with Crippen molar-refractivity contribution >= 4 is 39.2 Å². The molecule has 0 spiro atoms. The molecule has 2 N–H and O–H groups in total. The van der Waals surface area contributed by atoms with Gasteiger partial charge in [0.1, 0.15) is 0 Å². The number of rotatable bonds is 2. The molecule has 104 valence electrons. The molecular weight excluding hydrogens is 332 g/mol. The maximum atomic E-state index is 12.1. The van der Waals surface area contributed by atoms with Crippen LogP contribution in [0.5, 0.6) is 0 Å². The van der Waals surface area contributed by atoms with E-state index in [4.69, 9.17) is 16.7 Å². The molecule has 2 amide bonds. The van der Waals surface area contributed by atoms with Gasteiger partial charge in [-0.3, -0.25) is 0 Å². The van der Waals surface area contributed by atoms with Crippen molar-refractivity contribution < 1.29 is 9.90 Å². The van der Waals surface area contributed by atoms with E-state index in [1.807, 2.05) is 13.0 Å². The molecule has 1 saturated heterocycles. The third-order valence-corrected chi connectivity index (χ3v) is 4.38. The molecule has 1 fully saturated rings. The van der Waals surface area contributed by atoms with Crippen molar-refractivity contribution in [1.82, 2.24) is 4.90 Å². The van der Waals surface area contributed by atoms with E-state index in [9.17, 15) is 4.79 Å². The van der Waals surface area contributed by atoms with Gasteiger partial charge in [-0.25, -0.2) is 4.79 Å². The Morgan fingerprint density at radius 1 is 1.63 bits per heavy atom. The van der Waals surface area contributed by atoms with Crippen molar-refractivity contribution in [2.24, 2.45) is 5.92 Å². The zero-order chi connectivity index (χ0) is 14.0. The molecule has 1 aromatic carbocycles. The Balaban J connectivity index is 2.05. The number of benzene rings is 1. The monoisotopic (exact) mass is 346 g/mol. The number of nitrogens with zero attached hydrogens (tertiary/aromatic N) is 1. The number of urea groups is 1. The number of amides is 2. The third-order valence-electron chi connectivity index (χ3n) is 3.32. The summed E-state index contributed by atoms with van der Waals surface area (Å²) in [6, 6.07) is 3.45. The first-order valence-corrected chi connectivity index (χ1v) is 7.30. The minimum Gasteiger partial charge on any atom is -0.396 e. The number of anilines is 1. The van der Waals surface area contributed by atoms with Crippen LogP contribution in [0, 0.1) is 12.8 Å². The normalized spacial score (nSPS) is 18.7. The molecule has 0 aromatic heterocycles. The SMILES string of the molecule is Cc1cc(Br)c(NC(=O)N2CCC(CO)C2)cc1Cl. The number of nitrogens with one attached hydrogen (secondary N) is 1. The lowest BCUT2D eigenvalue weighted by Crippen LogP contribution is -2.33. The predicted molar refractivity (Wildman–Crippen MR) is 79.7 cm³/mol. The second kappa shape index (κ2) is 6.11. The van der Waals surface area contributed by atoms with Crippen LogP contribution >= 0.6 is 27.5 Å². The molecule has 4 nitrogen and oxygen atoms in total. The Bertz CT molecular complexity index is 496. The molecule has 0 saturated carbocycles. The summed E-state index contributed by atoms with van der Waals surface area (Å²) in [5.74, 6) is 0.191. The van der Waals surface area contributed by atoms with Gasteiger partial charge in [0.15, 0.2) is 0 Å². The number of aliphatic hydroxyl groups is 1. The topological polar surface area (TPSA) is 52.6 Å². The standard InChI is InChI=1S/C13H16BrClN2O2/c1-8-4-10(14)12(5-11(8)15)16-13(19)17-3-2-9(6-17)7-18/h4-5,9,18H,2-3,6-7H2,1H3,(H,16,19). The van der Waals surface area contributed by atoms with E-state index < -0.39 is 0 Å². The number of aliphatic hydroxyl groups excluding tert-OH is 1. The molecule has 1 heterocycles. The largest absolute Gasteiger partial charge is 0.396 e. The minimum atomic E-state index is -0.156. The van der Waals surface area contributed by atoms with Crippen molar-refractivity contribution in [3.8, 4) is 0 Å². The van der Waals surface area contributed by atoms with Gasteiger partial charge in [-0.2, -0.15) is 0 Å². The fraction of sp³-hybridized carbons (Fsp3) is 0.462. The quantitative estimate of drug-likeness (QED) is 0.863. The van der Waals surface area contributed by atoms with Gasteiger partial charge in [-0.1, -0.05) is 11.6 Å². The Hall–Kier alpha value is -0.780. The van der Waals surface area contributed by atoms with Gasteiger partial charge in [-0.05, 0) is 47.0 Å². The smallest absolute Gasteiger partial charge is 0.321 e. The van der Waals surface area contributed by atoms with Crippen LogP contribution in [0.15, 0.2) is 16.6 Å². The second-order valence-electron chi connectivity index (χ2n) is 4.79. The maximum Gasteiger partial charge on any atom is 0.321 e. The first-order chi connectivity index (χ1) is 9.01. The number of aryl methyl sites for hydroxylation is 1. The van der Waals surface area contributed by atoms with Crippen LogP contribution in [0.25, 0.3) is 0 Å². The van der Waals surface area contributed by atoms with Crippen LogP contribution in [-0.2, 0) is 0 Å². The summed E-state index contributed by atoms with van der Waals surface area (Å²) in [4.78, 5) is 13.8. The van der Waals surface area contributed by atoms with E-state index in [0.717, 1.165) is 16.5 Å². The minimum absolute atomic E-state index is 0.129. The Morgan fingerprint density at radius 2 is 2.37 bits per heavy atom. The number of carbonyl (C=O) groups excluding carboxylic acids is 1. The highest BCUT2D eigenvalue weighted by atomic mass is 79.9. The molecule has 1 unspecified atom stereocenters. The van der Waals surface area contributed by atoms with E-state index in [0.29, 0.717) is 23.8 Å². The highest BCUT2D eigenvalue weighted by Gasteiger charge is 2.25. The number of hydrogen-bond donors (Lipinski definition) is 2. The van der Waals surface area contributed by atoms with Crippen LogP contribution in [0.1, 0.15) is 12.0 Å². The van der Waals surface area contributed by atoms with Crippen molar-refractivity contribution in [3.05, 3.63) is 27.2 Å². The van der Waals surface area contributed by atoms with E-state index in [2.05, 4.69) is 21.2 Å². The van der Waals surface area contributed by atoms with Gasteiger partial charge in [-0.15, -0.1) is 0 Å². The van der Waals surface area contributed by atoms with Crippen molar-refractivity contribution in [1.29, 1.82) is 0 Å². The molecule has 0 bridgehead atoms. The number of hydrogen-bond acceptors (Lipinski definition) is 2. The van der Waals surface area contributed by atoms with Crippen LogP contribution in [0.3, 0.4) is 0 Å². The van der Waals surface area contributed by atoms with E-state index in [1.54, 1.807) is 11.0 Å².